The van der Waals surface area contributed by atoms with Crippen LogP contribution in [0.1, 0.15) is 25.0 Å². The van der Waals surface area contributed by atoms with E-state index in [2.05, 4.69) is 15.3 Å². The molecule has 1 fully saturated rings. The molecule has 5 heteroatoms. The number of aromatic nitrogens is 2. The Hall–Kier alpha value is -1.67. The summed E-state index contributed by atoms with van der Waals surface area (Å²) in [6.07, 6.45) is 6.39. The lowest BCUT2D eigenvalue weighted by Gasteiger charge is -2.40. The summed E-state index contributed by atoms with van der Waals surface area (Å²) in [6.45, 7) is 0.677. The highest BCUT2D eigenvalue weighted by Crippen LogP contribution is 2.34. The van der Waals surface area contributed by atoms with Crippen molar-refractivity contribution in [2.75, 3.05) is 19.0 Å². The molecule has 1 saturated carbocycles. The van der Waals surface area contributed by atoms with Crippen molar-refractivity contribution in [3.63, 3.8) is 0 Å². The second kappa shape index (κ2) is 4.45. The first-order valence-corrected chi connectivity index (χ1v) is 5.30. The van der Waals surface area contributed by atoms with Gasteiger partial charge >= 0.3 is 0 Å². The number of ether oxygens (including phenoxy) is 1. The van der Waals surface area contributed by atoms with Gasteiger partial charge in [0.1, 0.15) is 6.07 Å². The molecule has 0 aromatic carbocycles. The molecule has 1 aliphatic carbocycles. The third kappa shape index (κ3) is 1.97. The Bertz CT molecular complexity index is 403. The van der Waals surface area contributed by atoms with E-state index in [9.17, 15) is 0 Å². The quantitative estimate of drug-likeness (QED) is 0.825. The van der Waals surface area contributed by atoms with Crippen LogP contribution in [0.5, 0.6) is 0 Å². The highest BCUT2D eigenvalue weighted by Gasteiger charge is 2.36. The Morgan fingerprint density at radius 1 is 1.50 bits per heavy atom. The molecule has 16 heavy (non-hydrogen) atoms. The second-order valence-corrected chi connectivity index (χ2v) is 3.96. The minimum absolute atomic E-state index is 0.0791. The van der Waals surface area contributed by atoms with Crippen molar-refractivity contribution >= 4 is 5.82 Å². The lowest BCUT2D eigenvalue weighted by molar-refractivity contribution is -0.0601. The molecule has 0 aliphatic heterocycles. The van der Waals surface area contributed by atoms with E-state index in [1.54, 1.807) is 13.3 Å². The SMILES string of the molecule is COC1(CNc2nccnc2C#N)CCC1. The van der Waals surface area contributed by atoms with Crippen LogP contribution in [0.15, 0.2) is 12.4 Å². The van der Waals surface area contributed by atoms with Gasteiger partial charge in [-0.2, -0.15) is 5.26 Å². The largest absolute Gasteiger partial charge is 0.376 e. The molecule has 1 heterocycles. The molecule has 0 spiro atoms. The third-order valence-electron chi connectivity index (χ3n) is 3.08. The van der Waals surface area contributed by atoms with Crippen LogP contribution in [-0.2, 0) is 4.74 Å². The van der Waals surface area contributed by atoms with Crippen LogP contribution in [0.3, 0.4) is 0 Å². The molecule has 0 unspecified atom stereocenters. The van der Waals surface area contributed by atoms with Gasteiger partial charge in [0.25, 0.3) is 0 Å². The Labute approximate surface area is 94.5 Å². The van der Waals surface area contributed by atoms with Gasteiger partial charge in [-0.3, -0.25) is 0 Å². The molecule has 0 atom stereocenters. The molecule has 1 aliphatic rings. The van der Waals surface area contributed by atoms with Gasteiger partial charge in [0.15, 0.2) is 11.5 Å². The van der Waals surface area contributed by atoms with Crippen molar-refractivity contribution in [2.45, 2.75) is 24.9 Å². The molecular formula is C11H14N4O. The fourth-order valence-corrected chi connectivity index (χ4v) is 1.82. The van der Waals surface area contributed by atoms with E-state index in [0.717, 1.165) is 12.8 Å². The summed E-state index contributed by atoms with van der Waals surface area (Å²) >= 11 is 0. The number of nitrogens with zero attached hydrogens (tertiary/aromatic N) is 3. The molecule has 2 rings (SSSR count). The maximum absolute atomic E-state index is 8.85. The van der Waals surface area contributed by atoms with Crippen LogP contribution in [0.4, 0.5) is 5.82 Å². The summed E-state index contributed by atoms with van der Waals surface area (Å²) in [5.74, 6) is 0.535. The Morgan fingerprint density at radius 3 is 2.81 bits per heavy atom. The molecule has 1 N–H and O–H groups in total. The number of hydrogen-bond acceptors (Lipinski definition) is 5. The third-order valence-corrected chi connectivity index (χ3v) is 3.08. The van der Waals surface area contributed by atoms with E-state index in [4.69, 9.17) is 10.00 Å². The van der Waals surface area contributed by atoms with Gasteiger partial charge in [-0.15, -0.1) is 0 Å². The van der Waals surface area contributed by atoms with Crippen molar-refractivity contribution in [1.82, 2.24) is 9.97 Å². The van der Waals surface area contributed by atoms with E-state index in [0.29, 0.717) is 18.1 Å². The molecule has 0 bridgehead atoms. The van der Waals surface area contributed by atoms with E-state index in [1.807, 2.05) is 6.07 Å². The minimum atomic E-state index is -0.0791. The fraction of sp³-hybridized carbons (Fsp3) is 0.545. The van der Waals surface area contributed by atoms with E-state index < -0.39 is 0 Å². The minimum Gasteiger partial charge on any atom is -0.376 e. The van der Waals surface area contributed by atoms with Gasteiger partial charge in [0.2, 0.25) is 0 Å². The summed E-state index contributed by atoms with van der Waals surface area (Å²) in [7, 11) is 1.72. The normalized spacial score (nSPS) is 17.2. The first kappa shape index (κ1) is 10.8. The van der Waals surface area contributed by atoms with E-state index in [1.165, 1.54) is 12.6 Å². The highest BCUT2D eigenvalue weighted by molar-refractivity contribution is 5.46. The summed E-state index contributed by atoms with van der Waals surface area (Å²) < 4.78 is 5.48. The van der Waals surface area contributed by atoms with Gasteiger partial charge < -0.3 is 10.1 Å². The molecule has 1 aromatic heterocycles. The molecular weight excluding hydrogens is 204 g/mol. The topological polar surface area (TPSA) is 70.8 Å². The number of rotatable bonds is 4. The van der Waals surface area contributed by atoms with Crippen LogP contribution >= 0.6 is 0 Å². The maximum Gasteiger partial charge on any atom is 0.182 e. The van der Waals surface area contributed by atoms with Gasteiger partial charge in [0.05, 0.1) is 5.60 Å². The molecule has 84 valence electrons. The first-order chi connectivity index (χ1) is 7.79. The van der Waals surface area contributed by atoms with Gasteiger partial charge in [0, 0.05) is 26.0 Å². The van der Waals surface area contributed by atoms with Crippen molar-refractivity contribution in [3.8, 4) is 6.07 Å². The Kier molecular flexibility index (Phi) is 3.02. The summed E-state index contributed by atoms with van der Waals surface area (Å²) in [5.41, 5.74) is 0.248. The zero-order chi connectivity index (χ0) is 11.4. The van der Waals surface area contributed by atoms with Crippen LogP contribution < -0.4 is 5.32 Å². The lowest BCUT2D eigenvalue weighted by atomic mass is 9.80. The highest BCUT2D eigenvalue weighted by atomic mass is 16.5. The number of anilines is 1. The molecule has 0 saturated heterocycles. The van der Waals surface area contributed by atoms with Crippen LogP contribution in [0, 0.1) is 11.3 Å². The Balaban J connectivity index is 2.02. The zero-order valence-corrected chi connectivity index (χ0v) is 9.23. The first-order valence-electron chi connectivity index (χ1n) is 5.30. The zero-order valence-electron chi connectivity index (χ0n) is 9.23. The van der Waals surface area contributed by atoms with Gasteiger partial charge in [-0.05, 0) is 19.3 Å². The van der Waals surface area contributed by atoms with Crippen LogP contribution in [-0.4, -0.2) is 29.2 Å². The number of methoxy groups -OCH3 is 1. The predicted molar refractivity (Wildman–Crippen MR) is 58.8 cm³/mol. The fourth-order valence-electron chi connectivity index (χ4n) is 1.82. The molecule has 1 aromatic rings. The lowest BCUT2D eigenvalue weighted by Crippen LogP contribution is -2.45. The number of nitrogens with one attached hydrogen (secondary N) is 1. The monoisotopic (exact) mass is 218 g/mol. The number of hydrogen-bond donors (Lipinski definition) is 1. The van der Waals surface area contributed by atoms with Crippen LogP contribution in [0.2, 0.25) is 0 Å². The average molecular weight is 218 g/mol. The van der Waals surface area contributed by atoms with Crippen molar-refractivity contribution in [1.29, 1.82) is 5.26 Å². The van der Waals surface area contributed by atoms with Crippen molar-refractivity contribution in [2.24, 2.45) is 0 Å². The molecule has 5 nitrogen and oxygen atoms in total. The standard InChI is InChI=1S/C11H14N4O/c1-16-11(3-2-4-11)8-15-10-9(7-12)13-5-6-14-10/h5-6H,2-4,8H2,1H3,(H,14,15). The smallest absolute Gasteiger partial charge is 0.182 e. The second-order valence-electron chi connectivity index (χ2n) is 3.96. The van der Waals surface area contributed by atoms with E-state index in [-0.39, 0.29) is 5.60 Å². The summed E-state index contributed by atoms with van der Waals surface area (Å²) in [5, 5.41) is 12.0. The number of nitriles is 1. The van der Waals surface area contributed by atoms with E-state index >= 15 is 0 Å². The Morgan fingerprint density at radius 2 is 2.25 bits per heavy atom. The van der Waals surface area contributed by atoms with Crippen LogP contribution in [0.25, 0.3) is 0 Å². The predicted octanol–water partition coefficient (Wildman–Crippen LogP) is 1.33. The average Bonchev–Trinajstić information content (AvgIpc) is 2.29. The van der Waals surface area contributed by atoms with Gasteiger partial charge in [-0.1, -0.05) is 0 Å². The van der Waals surface area contributed by atoms with Gasteiger partial charge in [-0.25, -0.2) is 9.97 Å². The summed E-state index contributed by atoms with van der Waals surface area (Å²) in [6, 6.07) is 2.01. The van der Waals surface area contributed by atoms with Crippen molar-refractivity contribution in [3.05, 3.63) is 18.1 Å². The molecule has 0 radical (unpaired) electrons. The van der Waals surface area contributed by atoms with Crippen molar-refractivity contribution < 1.29 is 4.74 Å². The summed E-state index contributed by atoms with van der Waals surface area (Å²) in [4.78, 5) is 8.03. The maximum atomic E-state index is 8.85. The molecule has 0 amide bonds.